The number of phenolic OH excluding ortho intramolecular Hbond substituents is 2. The average molecular weight is 841 g/mol. The van der Waals surface area contributed by atoms with Gasteiger partial charge in [0.25, 0.3) is 0 Å². The van der Waals surface area contributed by atoms with E-state index in [9.17, 15) is 10.2 Å². The van der Waals surface area contributed by atoms with Crippen LogP contribution in [0.2, 0.25) is 0 Å². The van der Waals surface area contributed by atoms with Crippen molar-refractivity contribution in [2.45, 2.75) is 237 Å². The lowest BCUT2D eigenvalue weighted by Gasteiger charge is -2.41. The lowest BCUT2D eigenvalue weighted by molar-refractivity contribution is 0.445. The average Bonchev–Trinajstić information content (AvgIpc) is 4.05. The Balaban J connectivity index is 1.08. The molecule has 2 N–H and O–H groups in total. The van der Waals surface area contributed by atoms with Crippen LogP contribution in [0.25, 0.3) is 0 Å². The van der Waals surface area contributed by atoms with Gasteiger partial charge in [-0.2, -0.15) is 47.0 Å². The smallest absolute Gasteiger partial charge is 0.119 e. The maximum atomic E-state index is 10.6. The van der Waals surface area contributed by atoms with Crippen molar-refractivity contribution in [2.75, 3.05) is 0 Å². The third-order valence-corrected chi connectivity index (χ3v) is 19.5. The number of hydrogen-bond donors (Lipinski definition) is 2. The van der Waals surface area contributed by atoms with Crippen LogP contribution in [0.3, 0.4) is 0 Å². The predicted octanol–water partition coefficient (Wildman–Crippen LogP) is 15.5. The molecule has 3 heterocycles. The molecule has 3 aliphatic heterocycles. The van der Waals surface area contributed by atoms with Gasteiger partial charge in [-0.25, -0.2) is 0 Å². The fourth-order valence-electron chi connectivity index (χ4n) is 9.17. The molecule has 2 aromatic rings. The van der Waals surface area contributed by atoms with Gasteiger partial charge in [0.2, 0.25) is 0 Å². The van der Waals surface area contributed by atoms with Crippen molar-refractivity contribution in [2.24, 2.45) is 0 Å². The van der Waals surface area contributed by atoms with Crippen molar-refractivity contribution in [3.8, 4) is 11.5 Å². The number of benzene rings is 2. The molecule has 0 aliphatic carbocycles. The molecule has 5 rings (SSSR count). The Morgan fingerprint density at radius 3 is 1.11 bits per heavy atom. The van der Waals surface area contributed by atoms with Crippen molar-refractivity contribution in [1.82, 2.24) is 0 Å². The van der Waals surface area contributed by atoms with Gasteiger partial charge in [-0.15, -0.1) is 0 Å². The number of hydrogen-bond acceptors (Lipinski definition) is 6. The Hall–Kier alpha value is -0.560. The minimum atomic E-state index is -0.0197. The molecular formula is C50H80O2S4. The van der Waals surface area contributed by atoms with Crippen molar-refractivity contribution in [3.63, 3.8) is 0 Å². The van der Waals surface area contributed by atoms with Gasteiger partial charge in [-0.3, -0.25) is 0 Å². The molecule has 6 heteroatoms. The lowest BCUT2D eigenvalue weighted by atomic mass is 9.85. The van der Waals surface area contributed by atoms with Crippen LogP contribution in [0.1, 0.15) is 193 Å². The molecule has 3 fully saturated rings. The normalized spacial score (nSPS) is 26.4. The topological polar surface area (TPSA) is 40.5 Å². The fraction of sp³-hybridized carbons (Fsp3) is 0.760. The van der Waals surface area contributed by atoms with Crippen LogP contribution in [0, 0.1) is 0 Å². The summed E-state index contributed by atoms with van der Waals surface area (Å²) >= 11 is 9.55. The standard InChI is InChI=1S/C50H80O2S4/c1-9-21-41-45(54-41)33-47-43(25-19-15-11-13-17-23-35-27-29-37(39(51)31-35)49(3,4)5)53-44(48(56-47)34-46-42(55-46)22-10-2)26-20-16-12-14-18-24-36-28-30-38(40(52)32-36)50(6,7)8/h27-32,41-48,51-52H,9-26,33-34H2,1-8H3. The molecule has 0 saturated carbocycles. The van der Waals surface area contributed by atoms with Gasteiger partial charge in [0.15, 0.2) is 0 Å². The highest BCUT2D eigenvalue weighted by Gasteiger charge is 2.47. The van der Waals surface area contributed by atoms with E-state index in [0.29, 0.717) is 11.5 Å². The number of aromatic hydroxyl groups is 2. The Morgan fingerprint density at radius 1 is 0.429 bits per heavy atom. The number of aryl methyl sites for hydroxylation is 2. The fourth-order valence-corrected chi connectivity index (χ4v) is 16.1. The van der Waals surface area contributed by atoms with Crippen LogP contribution in [0.4, 0.5) is 0 Å². The van der Waals surface area contributed by atoms with Crippen molar-refractivity contribution in [1.29, 1.82) is 0 Å². The second-order valence-electron chi connectivity index (χ2n) is 19.7. The van der Waals surface area contributed by atoms with E-state index >= 15 is 0 Å². The minimum absolute atomic E-state index is 0.0197. The highest BCUT2D eigenvalue weighted by molar-refractivity contribution is 8.09. The summed E-state index contributed by atoms with van der Waals surface area (Å²) in [6.07, 6.45) is 26.6. The van der Waals surface area contributed by atoms with Gasteiger partial charge in [0.05, 0.1) is 0 Å². The van der Waals surface area contributed by atoms with E-state index in [1.54, 1.807) is 0 Å². The van der Waals surface area contributed by atoms with E-state index in [0.717, 1.165) is 66.0 Å². The first-order valence-corrected chi connectivity index (χ1v) is 26.8. The molecule has 0 spiro atoms. The summed E-state index contributed by atoms with van der Waals surface area (Å²) in [6, 6.07) is 12.8. The van der Waals surface area contributed by atoms with Gasteiger partial charge in [-0.1, -0.05) is 144 Å². The molecular weight excluding hydrogens is 761 g/mol. The molecule has 3 aliphatic rings. The van der Waals surface area contributed by atoms with Crippen molar-refractivity contribution in [3.05, 3.63) is 58.7 Å². The van der Waals surface area contributed by atoms with Gasteiger partial charge < -0.3 is 10.2 Å². The number of phenols is 2. The van der Waals surface area contributed by atoms with Crippen LogP contribution in [0.5, 0.6) is 11.5 Å². The quantitative estimate of drug-likeness (QED) is 0.0811. The first kappa shape index (κ1) is 46.5. The molecule has 56 heavy (non-hydrogen) atoms. The van der Waals surface area contributed by atoms with Gasteiger partial charge in [0.1, 0.15) is 11.5 Å². The molecule has 2 nitrogen and oxygen atoms in total. The highest BCUT2D eigenvalue weighted by atomic mass is 32.2. The molecule has 316 valence electrons. The Kier molecular flexibility index (Phi) is 18.5. The van der Waals surface area contributed by atoms with Gasteiger partial charge in [0, 0.05) is 42.0 Å². The van der Waals surface area contributed by atoms with E-state index in [1.165, 1.54) is 127 Å². The number of thioether (sulfide) groups is 4. The predicted molar refractivity (Wildman–Crippen MR) is 256 cm³/mol. The summed E-state index contributed by atoms with van der Waals surface area (Å²) in [5.74, 6) is 0.928. The Bertz CT molecular complexity index is 1350. The summed E-state index contributed by atoms with van der Waals surface area (Å²) in [7, 11) is 0. The van der Waals surface area contributed by atoms with Crippen LogP contribution in [0.15, 0.2) is 36.4 Å². The Labute approximate surface area is 361 Å². The molecule has 0 amide bonds. The molecule has 0 bridgehead atoms. The van der Waals surface area contributed by atoms with E-state index in [2.05, 4.69) is 127 Å². The lowest BCUT2D eigenvalue weighted by Crippen LogP contribution is -2.38. The van der Waals surface area contributed by atoms with Gasteiger partial charge >= 0.3 is 0 Å². The van der Waals surface area contributed by atoms with Gasteiger partial charge in [-0.05, 0) is 109 Å². The monoisotopic (exact) mass is 841 g/mol. The second-order valence-corrected chi connectivity index (χ2v) is 25.6. The second kappa shape index (κ2) is 22.3. The van der Waals surface area contributed by atoms with E-state index < -0.39 is 0 Å². The highest BCUT2D eigenvalue weighted by Crippen LogP contribution is 2.56. The first-order valence-electron chi connectivity index (χ1n) is 23.0. The summed E-state index contributed by atoms with van der Waals surface area (Å²) in [6.45, 7) is 17.8. The molecule has 2 aromatic carbocycles. The van der Waals surface area contributed by atoms with E-state index in [1.807, 2.05) is 12.1 Å². The maximum Gasteiger partial charge on any atom is 0.119 e. The first-order chi connectivity index (χ1) is 26.8. The minimum Gasteiger partial charge on any atom is -0.508 e. The van der Waals surface area contributed by atoms with E-state index in [-0.39, 0.29) is 10.8 Å². The third kappa shape index (κ3) is 14.9. The van der Waals surface area contributed by atoms with Crippen LogP contribution < -0.4 is 0 Å². The maximum absolute atomic E-state index is 10.6. The van der Waals surface area contributed by atoms with Crippen molar-refractivity contribution < 1.29 is 10.2 Å². The van der Waals surface area contributed by atoms with Crippen LogP contribution in [-0.2, 0) is 23.7 Å². The van der Waals surface area contributed by atoms with Crippen LogP contribution >= 0.6 is 47.0 Å². The molecule has 8 unspecified atom stereocenters. The summed E-state index contributed by atoms with van der Waals surface area (Å²) in [4.78, 5) is 0. The molecule has 8 atom stereocenters. The number of unbranched alkanes of at least 4 members (excludes halogenated alkanes) is 8. The number of rotatable bonds is 24. The molecule has 0 aromatic heterocycles. The largest absolute Gasteiger partial charge is 0.508 e. The molecule has 3 saturated heterocycles. The SMILES string of the molecule is CCCC1SC1CC1SC(CC2SC2CCC)C(CCCCCCCc2ccc(C(C)(C)C)c(O)c2)SC1CCCCCCCc1ccc(C(C)(C)C)c(O)c1. The zero-order chi connectivity index (χ0) is 40.3. The summed E-state index contributed by atoms with van der Waals surface area (Å²) in [5, 5.41) is 28.3. The Morgan fingerprint density at radius 2 is 0.750 bits per heavy atom. The molecule has 0 radical (unpaired) electrons. The summed E-state index contributed by atoms with van der Waals surface area (Å²) in [5.41, 5.74) is 4.62. The van der Waals surface area contributed by atoms with E-state index in [4.69, 9.17) is 0 Å². The van der Waals surface area contributed by atoms with Crippen LogP contribution in [-0.4, -0.2) is 52.2 Å². The zero-order valence-corrected chi connectivity index (χ0v) is 40.0. The zero-order valence-electron chi connectivity index (χ0n) is 36.8. The summed E-state index contributed by atoms with van der Waals surface area (Å²) < 4.78 is 0. The van der Waals surface area contributed by atoms with Crippen molar-refractivity contribution >= 4 is 47.0 Å². The third-order valence-electron chi connectivity index (χ3n) is 12.6.